The van der Waals surface area contributed by atoms with Crippen molar-refractivity contribution in [1.29, 1.82) is 0 Å². The Balaban J connectivity index is 1.30. The average molecular weight is 378 g/mol. The number of aromatic nitrogens is 3. The van der Waals surface area contributed by atoms with Gasteiger partial charge in [0.2, 0.25) is 6.41 Å². The molecule has 1 aliphatic rings. The van der Waals surface area contributed by atoms with Crippen molar-refractivity contribution in [3.63, 3.8) is 0 Å². The minimum Gasteiger partial charge on any atom is -0.361 e. The summed E-state index contributed by atoms with van der Waals surface area (Å²) in [5, 5.41) is 4.08. The smallest absolute Gasteiger partial charge is 0.271 e. The first-order chi connectivity index (χ1) is 13.7. The van der Waals surface area contributed by atoms with Gasteiger partial charge in [0.1, 0.15) is 11.5 Å². The molecule has 3 aromatic rings. The molecule has 8 nitrogen and oxygen atoms in total. The van der Waals surface area contributed by atoms with Crippen LogP contribution in [-0.4, -0.2) is 64.9 Å². The number of H-pyrrole nitrogens is 1. The van der Waals surface area contributed by atoms with Gasteiger partial charge in [-0.2, -0.15) is 0 Å². The van der Waals surface area contributed by atoms with Crippen molar-refractivity contribution in [2.45, 2.75) is 6.42 Å². The first kappa shape index (κ1) is 18.0. The molecule has 1 fully saturated rings. The third-order valence-corrected chi connectivity index (χ3v) is 5.01. The summed E-state index contributed by atoms with van der Waals surface area (Å²) >= 11 is 0. The number of rotatable bonds is 6. The van der Waals surface area contributed by atoms with Crippen LogP contribution in [0.2, 0.25) is 0 Å². The maximum absolute atomic E-state index is 12.3. The molecule has 0 saturated carbocycles. The van der Waals surface area contributed by atoms with Gasteiger partial charge < -0.3 is 20.1 Å². The third kappa shape index (κ3) is 3.80. The molecule has 2 aromatic heterocycles. The Morgan fingerprint density at radius 3 is 2.71 bits per heavy atom. The molecule has 28 heavy (non-hydrogen) atoms. The van der Waals surface area contributed by atoms with Crippen molar-refractivity contribution in [3.8, 4) is 0 Å². The predicted octanol–water partition coefficient (Wildman–Crippen LogP) is 1.21. The van der Waals surface area contributed by atoms with Gasteiger partial charge in [0.25, 0.3) is 5.91 Å². The van der Waals surface area contributed by atoms with E-state index in [1.54, 1.807) is 11.1 Å². The van der Waals surface area contributed by atoms with Crippen LogP contribution in [-0.2, 0) is 11.2 Å². The maximum atomic E-state index is 12.3. The van der Waals surface area contributed by atoms with Gasteiger partial charge in [-0.05, 0) is 18.1 Å². The van der Waals surface area contributed by atoms with Crippen molar-refractivity contribution in [1.82, 2.24) is 25.2 Å². The number of hydrogen-bond acceptors (Lipinski definition) is 5. The number of hydrogen-bond donors (Lipinski definition) is 2. The van der Waals surface area contributed by atoms with Crippen molar-refractivity contribution in [2.24, 2.45) is 0 Å². The van der Waals surface area contributed by atoms with Crippen molar-refractivity contribution < 1.29 is 9.59 Å². The van der Waals surface area contributed by atoms with Crippen LogP contribution in [0, 0.1) is 0 Å². The topological polar surface area (TPSA) is 94.2 Å². The van der Waals surface area contributed by atoms with Crippen LogP contribution >= 0.6 is 0 Å². The number of aromatic amines is 1. The van der Waals surface area contributed by atoms with Crippen LogP contribution in [0.15, 0.2) is 42.9 Å². The highest BCUT2D eigenvalue weighted by atomic mass is 16.2. The molecule has 144 valence electrons. The van der Waals surface area contributed by atoms with Crippen molar-refractivity contribution >= 4 is 29.0 Å². The second-order valence-corrected chi connectivity index (χ2v) is 6.75. The van der Waals surface area contributed by atoms with E-state index in [4.69, 9.17) is 0 Å². The highest BCUT2D eigenvalue weighted by Crippen LogP contribution is 2.17. The molecule has 8 heteroatoms. The monoisotopic (exact) mass is 378 g/mol. The van der Waals surface area contributed by atoms with E-state index in [-0.39, 0.29) is 5.91 Å². The van der Waals surface area contributed by atoms with E-state index in [9.17, 15) is 9.59 Å². The molecule has 0 aliphatic carbocycles. The first-order valence-electron chi connectivity index (χ1n) is 9.34. The molecule has 1 aliphatic heterocycles. The fourth-order valence-corrected chi connectivity index (χ4v) is 3.40. The number of benzene rings is 1. The molecular weight excluding hydrogens is 356 g/mol. The lowest BCUT2D eigenvalue weighted by Crippen LogP contribution is -2.46. The molecule has 2 amide bonds. The zero-order chi connectivity index (χ0) is 19.3. The normalized spacial score (nSPS) is 14.3. The van der Waals surface area contributed by atoms with Gasteiger partial charge in [-0.15, -0.1) is 0 Å². The van der Waals surface area contributed by atoms with Gasteiger partial charge >= 0.3 is 0 Å². The Kier molecular flexibility index (Phi) is 5.18. The van der Waals surface area contributed by atoms with Crippen LogP contribution in [0.5, 0.6) is 0 Å². The number of fused-ring (bicyclic) bond motifs is 1. The standard InChI is InChI=1S/C20H22N6O2/c27-14-25-7-9-26(10-8-25)19-13-23-18(12-24-19)20(28)21-6-5-15-11-22-17-4-2-1-3-16(15)17/h1-4,11-14,22H,5-10H2,(H,21,28). The van der Waals surface area contributed by atoms with Gasteiger partial charge in [0.15, 0.2) is 0 Å². The van der Waals surface area contributed by atoms with Crippen LogP contribution < -0.4 is 10.2 Å². The molecule has 0 atom stereocenters. The number of piperazine rings is 1. The van der Waals surface area contributed by atoms with Crippen LogP contribution in [0.3, 0.4) is 0 Å². The zero-order valence-electron chi connectivity index (χ0n) is 15.5. The van der Waals surface area contributed by atoms with E-state index in [1.165, 1.54) is 17.1 Å². The number of nitrogens with zero attached hydrogens (tertiary/aromatic N) is 4. The summed E-state index contributed by atoms with van der Waals surface area (Å²) in [5.74, 6) is 0.491. The van der Waals surface area contributed by atoms with Gasteiger partial charge in [0.05, 0.1) is 12.4 Å². The zero-order valence-corrected chi connectivity index (χ0v) is 15.5. The van der Waals surface area contributed by atoms with E-state index < -0.39 is 0 Å². The molecule has 0 bridgehead atoms. The maximum Gasteiger partial charge on any atom is 0.271 e. The summed E-state index contributed by atoms with van der Waals surface area (Å²) in [4.78, 5) is 38.8. The Morgan fingerprint density at radius 2 is 1.96 bits per heavy atom. The second-order valence-electron chi connectivity index (χ2n) is 6.75. The summed E-state index contributed by atoms with van der Waals surface area (Å²) < 4.78 is 0. The molecule has 1 aromatic carbocycles. The fraction of sp³-hybridized carbons (Fsp3) is 0.300. The lowest BCUT2D eigenvalue weighted by Gasteiger charge is -2.33. The first-order valence-corrected chi connectivity index (χ1v) is 9.34. The van der Waals surface area contributed by atoms with Crippen LogP contribution in [0.25, 0.3) is 10.9 Å². The molecule has 0 spiro atoms. The van der Waals surface area contributed by atoms with E-state index >= 15 is 0 Å². The summed E-state index contributed by atoms with van der Waals surface area (Å²) in [7, 11) is 0. The van der Waals surface area contributed by atoms with Gasteiger partial charge in [0, 0.05) is 49.8 Å². The summed E-state index contributed by atoms with van der Waals surface area (Å²) in [6.45, 7) is 3.29. The fourth-order valence-electron chi connectivity index (χ4n) is 3.40. The lowest BCUT2D eigenvalue weighted by molar-refractivity contribution is -0.118. The summed E-state index contributed by atoms with van der Waals surface area (Å²) in [5.41, 5.74) is 2.57. The van der Waals surface area contributed by atoms with Crippen molar-refractivity contribution in [2.75, 3.05) is 37.6 Å². The largest absolute Gasteiger partial charge is 0.361 e. The molecule has 0 unspecified atom stereocenters. The van der Waals surface area contributed by atoms with Crippen LogP contribution in [0.4, 0.5) is 5.82 Å². The minimum absolute atomic E-state index is 0.232. The SMILES string of the molecule is O=CN1CCN(c2cnc(C(=O)NCCc3c[nH]c4ccccc34)cn2)CC1. The number of para-hydroxylation sites is 1. The Bertz CT molecular complexity index is 960. The van der Waals surface area contributed by atoms with E-state index in [1.807, 2.05) is 24.4 Å². The molecule has 3 heterocycles. The molecule has 1 saturated heterocycles. The minimum atomic E-state index is -0.232. The second kappa shape index (κ2) is 8.08. The number of anilines is 1. The summed E-state index contributed by atoms with van der Waals surface area (Å²) in [6.07, 6.45) is 6.71. The number of nitrogens with one attached hydrogen (secondary N) is 2. The quantitative estimate of drug-likeness (QED) is 0.629. The van der Waals surface area contributed by atoms with Gasteiger partial charge in [-0.1, -0.05) is 18.2 Å². The number of amides is 2. The lowest BCUT2D eigenvalue weighted by atomic mass is 10.1. The van der Waals surface area contributed by atoms with Crippen LogP contribution in [0.1, 0.15) is 16.1 Å². The Labute approximate surface area is 162 Å². The Morgan fingerprint density at radius 1 is 1.14 bits per heavy atom. The molecule has 4 rings (SSSR count). The third-order valence-electron chi connectivity index (χ3n) is 5.01. The molecule has 0 radical (unpaired) electrons. The summed E-state index contributed by atoms with van der Waals surface area (Å²) in [6, 6.07) is 8.11. The van der Waals surface area contributed by atoms with E-state index in [0.29, 0.717) is 38.4 Å². The van der Waals surface area contributed by atoms with E-state index in [2.05, 4.69) is 31.2 Å². The van der Waals surface area contributed by atoms with E-state index in [0.717, 1.165) is 24.2 Å². The Hall–Kier alpha value is -3.42. The number of carbonyl (C=O) groups is 2. The van der Waals surface area contributed by atoms with Gasteiger partial charge in [-0.3, -0.25) is 9.59 Å². The predicted molar refractivity (Wildman–Crippen MR) is 106 cm³/mol. The molecular formula is C20H22N6O2. The van der Waals surface area contributed by atoms with Gasteiger partial charge in [-0.25, -0.2) is 9.97 Å². The molecule has 2 N–H and O–H groups in total. The average Bonchev–Trinajstić information content (AvgIpc) is 3.17. The number of carbonyl (C=O) groups excluding carboxylic acids is 2. The highest BCUT2D eigenvalue weighted by molar-refractivity contribution is 5.92. The van der Waals surface area contributed by atoms with Crippen molar-refractivity contribution in [3.05, 3.63) is 54.1 Å². The highest BCUT2D eigenvalue weighted by Gasteiger charge is 2.17.